The van der Waals surface area contributed by atoms with Gasteiger partial charge in [-0.25, -0.2) is 0 Å². The third-order valence-corrected chi connectivity index (χ3v) is 5.34. The zero-order valence-electron chi connectivity index (χ0n) is 14.7. The molecule has 3 rings (SSSR count). The number of nitrogen functional groups attached to an aromatic ring is 1. The zero-order chi connectivity index (χ0) is 16.8. The van der Waals surface area contributed by atoms with E-state index >= 15 is 0 Å². The summed E-state index contributed by atoms with van der Waals surface area (Å²) in [5.41, 5.74) is 11.3. The standard InChI is InChI=1S/C21H29N3/c1-24(15-4-2-3-6-17-11-13-23-14-12-17)19-9-10-20-18(16-19)7-5-8-21(20)22/h5,7-8,11-14,19H,2-4,6,9-10,15-16,22H2,1H3. The first-order valence-corrected chi connectivity index (χ1v) is 9.19. The van der Waals surface area contributed by atoms with Crippen LogP contribution in [0.15, 0.2) is 42.7 Å². The highest BCUT2D eigenvalue weighted by Crippen LogP contribution is 2.28. The Hall–Kier alpha value is -1.87. The van der Waals surface area contributed by atoms with Gasteiger partial charge in [-0.1, -0.05) is 18.6 Å². The van der Waals surface area contributed by atoms with Crippen LogP contribution in [0.3, 0.4) is 0 Å². The van der Waals surface area contributed by atoms with E-state index in [1.54, 1.807) is 0 Å². The molecule has 3 heteroatoms. The molecule has 0 saturated carbocycles. The van der Waals surface area contributed by atoms with Crippen LogP contribution in [0, 0.1) is 0 Å². The second kappa shape index (κ2) is 8.29. The lowest BCUT2D eigenvalue weighted by Gasteiger charge is -2.33. The van der Waals surface area contributed by atoms with Crippen LogP contribution in [0.1, 0.15) is 42.4 Å². The number of rotatable bonds is 7. The minimum absolute atomic E-state index is 0.666. The molecular formula is C21H29N3. The van der Waals surface area contributed by atoms with Crippen molar-refractivity contribution >= 4 is 5.69 Å². The van der Waals surface area contributed by atoms with E-state index in [0.717, 1.165) is 18.5 Å². The predicted molar refractivity (Wildman–Crippen MR) is 101 cm³/mol. The van der Waals surface area contributed by atoms with E-state index in [2.05, 4.69) is 41.2 Å². The molecule has 0 radical (unpaired) electrons. The van der Waals surface area contributed by atoms with Gasteiger partial charge < -0.3 is 10.6 Å². The van der Waals surface area contributed by atoms with Crippen molar-refractivity contribution in [2.24, 2.45) is 0 Å². The van der Waals surface area contributed by atoms with Crippen LogP contribution in [-0.2, 0) is 19.3 Å². The fourth-order valence-corrected chi connectivity index (χ4v) is 3.79. The summed E-state index contributed by atoms with van der Waals surface area (Å²) in [5.74, 6) is 0. The van der Waals surface area contributed by atoms with E-state index in [0.29, 0.717) is 6.04 Å². The van der Waals surface area contributed by atoms with Gasteiger partial charge in [0.1, 0.15) is 0 Å². The van der Waals surface area contributed by atoms with Crippen molar-refractivity contribution in [2.45, 2.75) is 51.0 Å². The maximum atomic E-state index is 6.11. The van der Waals surface area contributed by atoms with Crippen LogP contribution in [0.5, 0.6) is 0 Å². The van der Waals surface area contributed by atoms with Gasteiger partial charge in [0.25, 0.3) is 0 Å². The lowest BCUT2D eigenvalue weighted by Crippen LogP contribution is -2.37. The number of unbranched alkanes of at least 4 members (excludes halogenated alkanes) is 2. The van der Waals surface area contributed by atoms with Crippen LogP contribution in [0.25, 0.3) is 0 Å². The fourth-order valence-electron chi connectivity index (χ4n) is 3.79. The minimum atomic E-state index is 0.666. The number of benzene rings is 1. The SMILES string of the molecule is CN(CCCCCc1ccncc1)C1CCc2c(N)cccc2C1. The van der Waals surface area contributed by atoms with E-state index < -0.39 is 0 Å². The summed E-state index contributed by atoms with van der Waals surface area (Å²) < 4.78 is 0. The molecule has 2 N–H and O–H groups in total. The summed E-state index contributed by atoms with van der Waals surface area (Å²) in [6, 6.07) is 11.3. The number of hydrogen-bond acceptors (Lipinski definition) is 3. The topological polar surface area (TPSA) is 42.2 Å². The van der Waals surface area contributed by atoms with E-state index in [9.17, 15) is 0 Å². The van der Waals surface area contributed by atoms with Crippen molar-refractivity contribution in [3.8, 4) is 0 Å². The second-order valence-electron chi connectivity index (χ2n) is 7.03. The molecule has 1 aliphatic rings. The molecule has 3 nitrogen and oxygen atoms in total. The molecular weight excluding hydrogens is 294 g/mol. The summed E-state index contributed by atoms with van der Waals surface area (Å²) in [4.78, 5) is 6.63. The molecule has 0 fully saturated rings. The van der Waals surface area contributed by atoms with Crippen molar-refractivity contribution in [1.29, 1.82) is 0 Å². The number of aryl methyl sites for hydroxylation is 1. The van der Waals surface area contributed by atoms with Crippen molar-refractivity contribution in [1.82, 2.24) is 9.88 Å². The van der Waals surface area contributed by atoms with Gasteiger partial charge >= 0.3 is 0 Å². The van der Waals surface area contributed by atoms with Gasteiger partial charge in [-0.2, -0.15) is 0 Å². The van der Waals surface area contributed by atoms with Crippen LogP contribution < -0.4 is 5.73 Å². The Morgan fingerprint density at radius 2 is 1.96 bits per heavy atom. The number of hydrogen-bond donors (Lipinski definition) is 1. The molecule has 1 aromatic carbocycles. The predicted octanol–water partition coefficient (Wildman–Crippen LogP) is 3.87. The largest absolute Gasteiger partial charge is 0.398 e. The lowest BCUT2D eigenvalue weighted by molar-refractivity contribution is 0.217. The van der Waals surface area contributed by atoms with Crippen LogP contribution in [0.4, 0.5) is 5.69 Å². The van der Waals surface area contributed by atoms with Gasteiger partial charge in [0.05, 0.1) is 0 Å². The Kier molecular flexibility index (Phi) is 5.86. The number of nitrogens with zero attached hydrogens (tertiary/aromatic N) is 2. The highest BCUT2D eigenvalue weighted by Gasteiger charge is 2.22. The second-order valence-corrected chi connectivity index (χ2v) is 7.03. The van der Waals surface area contributed by atoms with Gasteiger partial charge in [-0.05, 0) is 87.0 Å². The van der Waals surface area contributed by atoms with Crippen LogP contribution in [0.2, 0.25) is 0 Å². The van der Waals surface area contributed by atoms with Gasteiger partial charge in [-0.3, -0.25) is 4.98 Å². The van der Waals surface area contributed by atoms with Gasteiger partial charge in [0.15, 0.2) is 0 Å². The Balaban J connectivity index is 1.39. The molecule has 2 aromatic rings. The van der Waals surface area contributed by atoms with Gasteiger partial charge in [-0.15, -0.1) is 0 Å². The number of fused-ring (bicyclic) bond motifs is 1. The summed E-state index contributed by atoms with van der Waals surface area (Å²) in [6.07, 6.45) is 12.3. The summed E-state index contributed by atoms with van der Waals surface area (Å²) >= 11 is 0. The molecule has 1 heterocycles. The molecule has 24 heavy (non-hydrogen) atoms. The highest BCUT2D eigenvalue weighted by molar-refractivity contribution is 5.52. The maximum absolute atomic E-state index is 6.11. The fraction of sp³-hybridized carbons (Fsp3) is 0.476. The zero-order valence-corrected chi connectivity index (χ0v) is 14.7. The molecule has 0 bridgehead atoms. The molecule has 0 spiro atoms. The van der Waals surface area contributed by atoms with Crippen molar-refractivity contribution in [2.75, 3.05) is 19.3 Å². The van der Waals surface area contributed by atoms with Crippen molar-refractivity contribution in [3.63, 3.8) is 0 Å². The molecule has 128 valence electrons. The minimum Gasteiger partial charge on any atom is -0.398 e. The van der Waals surface area contributed by atoms with Gasteiger partial charge in [0, 0.05) is 24.1 Å². The Morgan fingerprint density at radius 1 is 1.12 bits per heavy atom. The number of pyridine rings is 1. The first kappa shape index (κ1) is 17.0. The number of anilines is 1. The number of likely N-dealkylation sites (N-methyl/N-ethyl adjacent to an activating group) is 1. The first-order valence-electron chi connectivity index (χ1n) is 9.19. The first-order chi connectivity index (χ1) is 11.7. The third-order valence-electron chi connectivity index (χ3n) is 5.34. The Morgan fingerprint density at radius 3 is 2.79 bits per heavy atom. The molecule has 0 saturated heterocycles. The molecule has 0 aliphatic heterocycles. The molecule has 0 amide bonds. The average Bonchev–Trinajstić information content (AvgIpc) is 2.62. The van der Waals surface area contributed by atoms with Crippen molar-refractivity contribution < 1.29 is 0 Å². The van der Waals surface area contributed by atoms with E-state index in [4.69, 9.17) is 5.73 Å². The van der Waals surface area contributed by atoms with E-state index in [1.165, 1.54) is 55.3 Å². The van der Waals surface area contributed by atoms with Gasteiger partial charge in [0.2, 0.25) is 0 Å². The Labute approximate surface area is 145 Å². The Bertz CT molecular complexity index is 639. The van der Waals surface area contributed by atoms with E-state index in [1.807, 2.05) is 18.5 Å². The molecule has 1 aromatic heterocycles. The van der Waals surface area contributed by atoms with E-state index in [-0.39, 0.29) is 0 Å². The third kappa shape index (κ3) is 4.35. The number of nitrogens with two attached hydrogens (primary N) is 1. The lowest BCUT2D eigenvalue weighted by atomic mass is 9.86. The smallest absolute Gasteiger partial charge is 0.0349 e. The summed E-state index contributed by atoms with van der Waals surface area (Å²) in [5, 5.41) is 0. The average molecular weight is 323 g/mol. The van der Waals surface area contributed by atoms with Crippen molar-refractivity contribution in [3.05, 3.63) is 59.4 Å². The monoisotopic (exact) mass is 323 g/mol. The molecule has 1 atom stereocenters. The summed E-state index contributed by atoms with van der Waals surface area (Å²) in [6.45, 7) is 1.19. The molecule has 1 aliphatic carbocycles. The maximum Gasteiger partial charge on any atom is 0.0349 e. The highest BCUT2D eigenvalue weighted by atomic mass is 15.1. The van der Waals surface area contributed by atoms with Crippen LogP contribution in [-0.4, -0.2) is 29.5 Å². The quantitative estimate of drug-likeness (QED) is 0.621. The normalized spacial score (nSPS) is 17.0. The molecule has 1 unspecified atom stereocenters. The summed E-state index contributed by atoms with van der Waals surface area (Å²) in [7, 11) is 2.28. The number of aromatic nitrogens is 1. The van der Waals surface area contributed by atoms with Crippen LogP contribution >= 0.6 is 0 Å².